The Morgan fingerprint density at radius 3 is 2.65 bits per heavy atom. The average Bonchev–Trinajstić information content (AvgIpc) is 3.00. The standard InChI is InChI=1S/C15H20N4O2S2/c1-6-19-10(4)12(9(3)18-19)16-15(22)17-13-11(14(20)21-5)7-8(2)23-13/h7H,6H2,1-5H3,(H2,16,17,22). The summed E-state index contributed by atoms with van der Waals surface area (Å²) in [5.41, 5.74) is 3.27. The lowest BCUT2D eigenvalue weighted by atomic mass is 10.3. The second-order valence-electron chi connectivity index (χ2n) is 5.03. The van der Waals surface area contributed by atoms with Crippen molar-refractivity contribution in [2.24, 2.45) is 0 Å². The Bertz CT molecular complexity index is 749. The van der Waals surface area contributed by atoms with Crippen LogP contribution >= 0.6 is 23.6 Å². The molecule has 0 aliphatic heterocycles. The number of thiocarbonyl (C=S) groups is 1. The molecule has 124 valence electrons. The summed E-state index contributed by atoms with van der Waals surface area (Å²) in [6.07, 6.45) is 0. The molecule has 2 aromatic rings. The lowest BCUT2D eigenvalue weighted by molar-refractivity contribution is 0.0602. The van der Waals surface area contributed by atoms with Crippen LogP contribution < -0.4 is 10.6 Å². The van der Waals surface area contributed by atoms with Crippen LogP contribution in [0, 0.1) is 20.8 Å². The highest BCUT2D eigenvalue weighted by atomic mass is 32.1. The van der Waals surface area contributed by atoms with E-state index >= 15 is 0 Å². The Hall–Kier alpha value is -1.93. The Labute approximate surface area is 144 Å². The number of aromatic nitrogens is 2. The van der Waals surface area contributed by atoms with Gasteiger partial charge in [-0.2, -0.15) is 5.10 Å². The van der Waals surface area contributed by atoms with Gasteiger partial charge in [0, 0.05) is 11.4 Å². The summed E-state index contributed by atoms with van der Waals surface area (Å²) in [5.74, 6) is -0.384. The number of carbonyl (C=O) groups is 1. The monoisotopic (exact) mass is 352 g/mol. The molecular formula is C15H20N4O2S2. The van der Waals surface area contributed by atoms with Crippen LogP contribution in [0.1, 0.15) is 33.5 Å². The maximum atomic E-state index is 11.8. The molecule has 0 atom stereocenters. The van der Waals surface area contributed by atoms with Gasteiger partial charge < -0.3 is 15.4 Å². The largest absolute Gasteiger partial charge is 0.465 e. The minimum absolute atomic E-state index is 0.384. The van der Waals surface area contributed by atoms with E-state index in [-0.39, 0.29) is 5.97 Å². The van der Waals surface area contributed by atoms with Gasteiger partial charge in [-0.05, 0) is 46.0 Å². The van der Waals surface area contributed by atoms with E-state index in [1.54, 1.807) is 6.07 Å². The van der Waals surface area contributed by atoms with Crippen molar-refractivity contribution >= 4 is 45.3 Å². The van der Waals surface area contributed by atoms with Gasteiger partial charge in [-0.3, -0.25) is 4.68 Å². The fourth-order valence-electron chi connectivity index (χ4n) is 2.30. The van der Waals surface area contributed by atoms with E-state index in [2.05, 4.69) is 15.7 Å². The third-order valence-corrected chi connectivity index (χ3v) is 4.58. The number of thiophene rings is 1. The van der Waals surface area contributed by atoms with Crippen molar-refractivity contribution in [2.45, 2.75) is 34.2 Å². The lowest BCUT2D eigenvalue weighted by Crippen LogP contribution is -2.20. The van der Waals surface area contributed by atoms with E-state index < -0.39 is 0 Å². The Balaban J connectivity index is 2.18. The van der Waals surface area contributed by atoms with Gasteiger partial charge in [0.05, 0.1) is 29.7 Å². The number of nitrogens with one attached hydrogen (secondary N) is 2. The third-order valence-electron chi connectivity index (χ3n) is 3.41. The molecule has 6 nitrogen and oxygen atoms in total. The number of aryl methyl sites for hydroxylation is 3. The van der Waals surface area contributed by atoms with Gasteiger partial charge >= 0.3 is 5.97 Å². The predicted molar refractivity (Wildman–Crippen MR) is 97.6 cm³/mol. The summed E-state index contributed by atoms with van der Waals surface area (Å²) in [7, 11) is 1.36. The van der Waals surface area contributed by atoms with Gasteiger partial charge in [0.25, 0.3) is 0 Å². The Kier molecular flexibility index (Phi) is 5.38. The Morgan fingerprint density at radius 2 is 2.09 bits per heavy atom. The van der Waals surface area contributed by atoms with Gasteiger partial charge in [-0.1, -0.05) is 0 Å². The maximum Gasteiger partial charge on any atom is 0.340 e. The molecule has 2 N–H and O–H groups in total. The SMILES string of the molecule is CCn1nc(C)c(NC(=S)Nc2sc(C)cc2C(=O)OC)c1C. The summed E-state index contributed by atoms with van der Waals surface area (Å²) >= 11 is 6.82. The molecule has 2 aromatic heterocycles. The summed E-state index contributed by atoms with van der Waals surface area (Å²) in [6, 6.07) is 1.78. The number of carbonyl (C=O) groups excluding carboxylic acids is 1. The summed E-state index contributed by atoms with van der Waals surface area (Å²) in [6.45, 7) is 8.68. The minimum atomic E-state index is -0.384. The van der Waals surface area contributed by atoms with Crippen LogP contribution in [0.15, 0.2) is 6.07 Å². The highest BCUT2D eigenvalue weighted by Gasteiger charge is 2.17. The molecule has 0 aromatic carbocycles. The number of esters is 1. The molecule has 0 unspecified atom stereocenters. The molecule has 2 heterocycles. The van der Waals surface area contributed by atoms with Crippen molar-refractivity contribution in [1.82, 2.24) is 9.78 Å². The van der Waals surface area contributed by atoms with Crippen molar-refractivity contribution in [1.29, 1.82) is 0 Å². The normalized spacial score (nSPS) is 10.5. The highest BCUT2D eigenvalue weighted by Crippen LogP contribution is 2.28. The minimum Gasteiger partial charge on any atom is -0.465 e. The molecule has 0 fully saturated rings. The molecule has 0 spiro atoms. The first kappa shape index (κ1) is 17.4. The molecule has 8 heteroatoms. The van der Waals surface area contributed by atoms with Gasteiger partial charge in [0.15, 0.2) is 5.11 Å². The van der Waals surface area contributed by atoms with Gasteiger partial charge in [0.1, 0.15) is 5.00 Å². The highest BCUT2D eigenvalue weighted by molar-refractivity contribution is 7.80. The van der Waals surface area contributed by atoms with Crippen molar-refractivity contribution in [3.8, 4) is 0 Å². The van der Waals surface area contributed by atoms with Crippen molar-refractivity contribution < 1.29 is 9.53 Å². The van der Waals surface area contributed by atoms with Crippen LogP contribution in [0.3, 0.4) is 0 Å². The van der Waals surface area contributed by atoms with E-state index in [0.717, 1.165) is 28.5 Å². The molecule has 23 heavy (non-hydrogen) atoms. The number of hydrogen-bond acceptors (Lipinski definition) is 5. The Morgan fingerprint density at radius 1 is 1.39 bits per heavy atom. The van der Waals surface area contributed by atoms with Gasteiger partial charge in [-0.25, -0.2) is 4.79 Å². The van der Waals surface area contributed by atoms with Crippen molar-refractivity contribution in [3.05, 3.63) is 27.9 Å². The molecule has 0 bridgehead atoms. The molecular weight excluding hydrogens is 332 g/mol. The van der Waals surface area contributed by atoms with Crippen LogP contribution in [0.5, 0.6) is 0 Å². The molecule has 0 aliphatic carbocycles. The van der Waals surface area contributed by atoms with E-state index in [4.69, 9.17) is 17.0 Å². The summed E-state index contributed by atoms with van der Waals surface area (Å²) in [4.78, 5) is 12.8. The van der Waals surface area contributed by atoms with Crippen molar-refractivity contribution in [2.75, 3.05) is 17.7 Å². The quantitative estimate of drug-likeness (QED) is 0.648. The first-order chi connectivity index (χ1) is 10.9. The first-order valence-corrected chi connectivity index (χ1v) is 8.40. The van der Waals surface area contributed by atoms with E-state index in [0.29, 0.717) is 15.7 Å². The third kappa shape index (κ3) is 3.70. The average molecular weight is 352 g/mol. The number of rotatable bonds is 4. The molecule has 0 radical (unpaired) electrons. The lowest BCUT2D eigenvalue weighted by Gasteiger charge is -2.11. The molecule has 0 amide bonds. The number of ether oxygens (including phenoxy) is 1. The fourth-order valence-corrected chi connectivity index (χ4v) is 3.48. The van der Waals surface area contributed by atoms with Crippen LogP contribution in [0.25, 0.3) is 0 Å². The zero-order valence-electron chi connectivity index (χ0n) is 13.8. The van der Waals surface area contributed by atoms with E-state index in [1.807, 2.05) is 32.4 Å². The second kappa shape index (κ2) is 7.10. The topological polar surface area (TPSA) is 68.2 Å². The molecule has 0 saturated heterocycles. The predicted octanol–water partition coefficient (Wildman–Crippen LogP) is 3.49. The second-order valence-corrected chi connectivity index (χ2v) is 6.70. The van der Waals surface area contributed by atoms with Crippen LogP contribution in [0.4, 0.5) is 10.7 Å². The first-order valence-electron chi connectivity index (χ1n) is 7.18. The van der Waals surface area contributed by atoms with E-state index in [9.17, 15) is 4.79 Å². The van der Waals surface area contributed by atoms with Gasteiger partial charge in [0.2, 0.25) is 0 Å². The number of nitrogens with zero attached hydrogens (tertiary/aromatic N) is 2. The zero-order chi connectivity index (χ0) is 17.1. The van der Waals surface area contributed by atoms with E-state index in [1.165, 1.54) is 18.4 Å². The molecule has 0 aliphatic rings. The molecule has 0 saturated carbocycles. The van der Waals surface area contributed by atoms with Crippen LogP contribution in [-0.2, 0) is 11.3 Å². The van der Waals surface area contributed by atoms with Crippen molar-refractivity contribution in [3.63, 3.8) is 0 Å². The zero-order valence-corrected chi connectivity index (χ0v) is 15.4. The summed E-state index contributed by atoms with van der Waals surface area (Å²) in [5, 5.41) is 11.8. The van der Waals surface area contributed by atoms with Gasteiger partial charge in [-0.15, -0.1) is 11.3 Å². The fraction of sp³-hybridized carbons (Fsp3) is 0.400. The van der Waals surface area contributed by atoms with Crippen LogP contribution in [-0.4, -0.2) is 28.0 Å². The molecule has 2 rings (SSSR count). The maximum absolute atomic E-state index is 11.8. The number of hydrogen-bond donors (Lipinski definition) is 2. The summed E-state index contributed by atoms with van der Waals surface area (Å²) < 4.78 is 6.71. The number of methoxy groups -OCH3 is 1. The smallest absolute Gasteiger partial charge is 0.340 e. The number of anilines is 2. The van der Waals surface area contributed by atoms with Crippen LogP contribution in [0.2, 0.25) is 0 Å².